The summed E-state index contributed by atoms with van der Waals surface area (Å²) in [5.41, 5.74) is 0.710. The average molecular weight is 437 g/mol. The Balaban J connectivity index is 2.16. The molecule has 2 aromatic carbocycles. The SMILES string of the molecule is CN(C)CCN1C(=O)C(=O)/C(=C(/O)c2ccc(F)cc2)[C@H]1c1ccc(Cl)c(Cl)c1. The Bertz CT molecular complexity index is 990. The molecule has 1 amide bonds. The predicted molar refractivity (Wildman–Crippen MR) is 110 cm³/mol. The summed E-state index contributed by atoms with van der Waals surface area (Å²) < 4.78 is 13.3. The molecule has 1 atom stereocenters. The Morgan fingerprint density at radius 2 is 1.76 bits per heavy atom. The van der Waals surface area contributed by atoms with Crippen LogP contribution in [0.25, 0.3) is 5.76 Å². The number of aliphatic hydroxyl groups excluding tert-OH is 1. The summed E-state index contributed by atoms with van der Waals surface area (Å²) in [5.74, 6) is -2.37. The molecule has 8 heteroatoms. The zero-order valence-corrected chi connectivity index (χ0v) is 17.3. The van der Waals surface area contributed by atoms with E-state index in [1.54, 1.807) is 18.2 Å². The van der Waals surface area contributed by atoms with E-state index in [0.717, 1.165) is 0 Å². The summed E-state index contributed by atoms with van der Waals surface area (Å²) in [6.07, 6.45) is 0. The molecule has 5 nitrogen and oxygen atoms in total. The molecule has 2 aromatic rings. The van der Waals surface area contributed by atoms with E-state index < -0.39 is 23.5 Å². The number of rotatable bonds is 5. The summed E-state index contributed by atoms with van der Waals surface area (Å²) >= 11 is 12.2. The van der Waals surface area contributed by atoms with Crippen LogP contribution in [-0.4, -0.2) is 53.8 Å². The standard InChI is InChI=1S/C21H19Cl2FN2O3/c1-25(2)9-10-26-18(13-5-8-15(22)16(23)11-13)17(20(28)21(26)29)19(27)12-3-6-14(24)7-4-12/h3-8,11,18,27H,9-10H2,1-2H3/b19-17+/t18-/m1/s1. The summed E-state index contributed by atoms with van der Waals surface area (Å²) in [4.78, 5) is 28.8. The molecule has 0 radical (unpaired) electrons. The first-order chi connectivity index (χ1) is 13.7. The van der Waals surface area contributed by atoms with Crippen molar-refractivity contribution in [2.45, 2.75) is 6.04 Å². The van der Waals surface area contributed by atoms with Crippen molar-refractivity contribution in [2.24, 2.45) is 0 Å². The van der Waals surface area contributed by atoms with Crippen molar-refractivity contribution < 1.29 is 19.1 Å². The third-order valence-corrected chi connectivity index (χ3v) is 5.44. The van der Waals surface area contributed by atoms with Gasteiger partial charge >= 0.3 is 0 Å². The number of carbonyl (C=O) groups is 2. The van der Waals surface area contributed by atoms with Crippen molar-refractivity contribution in [1.82, 2.24) is 9.80 Å². The van der Waals surface area contributed by atoms with Crippen molar-refractivity contribution in [1.29, 1.82) is 0 Å². The lowest BCUT2D eigenvalue weighted by atomic mass is 9.95. The largest absolute Gasteiger partial charge is 0.507 e. The molecule has 0 aromatic heterocycles. The Morgan fingerprint density at radius 1 is 1.10 bits per heavy atom. The van der Waals surface area contributed by atoms with Crippen molar-refractivity contribution in [2.75, 3.05) is 27.2 Å². The van der Waals surface area contributed by atoms with Crippen LogP contribution in [-0.2, 0) is 9.59 Å². The van der Waals surface area contributed by atoms with Gasteiger partial charge in [-0.25, -0.2) is 4.39 Å². The summed E-state index contributed by atoms with van der Waals surface area (Å²) in [5, 5.41) is 11.4. The first kappa shape index (κ1) is 21.3. The molecule has 29 heavy (non-hydrogen) atoms. The van der Waals surface area contributed by atoms with Gasteiger partial charge in [0.15, 0.2) is 0 Å². The Hall–Kier alpha value is -2.41. The molecule has 0 aliphatic carbocycles. The monoisotopic (exact) mass is 436 g/mol. The predicted octanol–water partition coefficient (Wildman–Crippen LogP) is 4.12. The second-order valence-corrected chi connectivity index (χ2v) is 7.79. The fourth-order valence-electron chi connectivity index (χ4n) is 3.21. The highest BCUT2D eigenvalue weighted by Gasteiger charge is 2.46. The van der Waals surface area contributed by atoms with Crippen LogP contribution in [0.1, 0.15) is 17.2 Å². The number of ketones is 1. The van der Waals surface area contributed by atoms with Crippen molar-refractivity contribution >= 4 is 40.7 Å². The van der Waals surface area contributed by atoms with Crippen LogP contribution in [0.15, 0.2) is 48.0 Å². The van der Waals surface area contributed by atoms with E-state index in [2.05, 4.69) is 0 Å². The molecule has 0 bridgehead atoms. The topological polar surface area (TPSA) is 60.9 Å². The second-order valence-electron chi connectivity index (χ2n) is 6.98. The molecule has 0 spiro atoms. The molecule has 3 rings (SSSR count). The number of carbonyl (C=O) groups excluding carboxylic acids is 2. The quantitative estimate of drug-likeness (QED) is 0.435. The lowest BCUT2D eigenvalue weighted by Gasteiger charge is -2.26. The van der Waals surface area contributed by atoms with E-state index in [1.165, 1.54) is 29.2 Å². The van der Waals surface area contributed by atoms with Crippen LogP contribution in [0.4, 0.5) is 4.39 Å². The first-order valence-electron chi connectivity index (χ1n) is 8.84. The van der Waals surface area contributed by atoms with Gasteiger partial charge in [-0.1, -0.05) is 29.3 Å². The van der Waals surface area contributed by atoms with Gasteiger partial charge in [-0.15, -0.1) is 0 Å². The Morgan fingerprint density at radius 3 is 2.34 bits per heavy atom. The number of Topliss-reactive ketones (excluding diaryl/α,β-unsaturated/α-hetero) is 1. The lowest BCUT2D eigenvalue weighted by Crippen LogP contribution is -2.35. The number of benzene rings is 2. The van der Waals surface area contributed by atoms with Crippen molar-refractivity contribution in [3.05, 3.63) is 75.0 Å². The molecule has 1 heterocycles. The van der Waals surface area contributed by atoms with Crippen molar-refractivity contribution in [3.63, 3.8) is 0 Å². The fraction of sp³-hybridized carbons (Fsp3) is 0.238. The molecular weight excluding hydrogens is 418 g/mol. The van der Waals surface area contributed by atoms with Crippen LogP contribution in [0.5, 0.6) is 0 Å². The van der Waals surface area contributed by atoms with Gasteiger partial charge in [0.2, 0.25) is 0 Å². The summed E-state index contributed by atoms with van der Waals surface area (Å²) in [6, 6.07) is 9.01. The van der Waals surface area contributed by atoms with Crippen LogP contribution >= 0.6 is 23.2 Å². The van der Waals surface area contributed by atoms with Gasteiger partial charge in [0.1, 0.15) is 11.6 Å². The molecule has 152 valence electrons. The van der Waals surface area contributed by atoms with Gasteiger partial charge < -0.3 is 14.9 Å². The number of hydrogen-bond donors (Lipinski definition) is 1. The third kappa shape index (κ3) is 4.29. The number of hydrogen-bond acceptors (Lipinski definition) is 4. The van der Waals surface area contributed by atoms with Gasteiger partial charge in [0, 0.05) is 18.7 Å². The van der Waals surface area contributed by atoms with E-state index in [4.69, 9.17) is 23.2 Å². The molecule has 1 N–H and O–H groups in total. The van der Waals surface area contributed by atoms with E-state index in [1.807, 2.05) is 19.0 Å². The van der Waals surface area contributed by atoms with Crippen LogP contribution in [0.2, 0.25) is 10.0 Å². The Kier molecular flexibility index (Phi) is 6.27. The minimum absolute atomic E-state index is 0.0706. The molecule has 1 fully saturated rings. The molecular formula is C21H19Cl2FN2O3. The minimum atomic E-state index is -0.838. The van der Waals surface area contributed by atoms with Crippen LogP contribution in [0, 0.1) is 5.82 Å². The van der Waals surface area contributed by atoms with E-state index in [-0.39, 0.29) is 28.5 Å². The third-order valence-electron chi connectivity index (χ3n) is 4.71. The molecule has 1 aliphatic heterocycles. The maximum atomic E-state index is 13.3. The minimum Gasteiger partial charge on any atom is -0.507 e. The van der Waals surface area contributed by atoms with Crippen LogP contribution < -0.4 is 0 Å². The second kappa shape index (κ2) is 8.53. The number of likely N-dealkylation sites (tertiary alicyclic amines) is 1. The highest BCUT2D eigenvalue weighted by atomic mass is 35.5. The zero-order chi connectivity index (χ0) is 21.3. The van der Waals surface area contributed by atoms with Gasteiger partial charge in [0.25, 0.3) is 11.7 Å². The highest BCUT2D eigenvalue weighted by Crippen LogP contribution is 2.40. The van der Waals surface area contributed by atoms with Crippen LogP contribution in [0.3, 0.4) is 0 Å². The van der Waals surface area contributed by atoms with Gasteiger partial charge in [-0.05, 0) is 56.1 Å². The normalized spacial score (nSPS) is 18.7. The number of likely N-dealkylation sites (N-methyl/N-ethyl adjacent to an activating group) is 1. The summed E-state index contributed by atoms with van der Waals surface area (Å²) in [6.45, 7) is 0.782. The van der Waals surface area contributed by atoms with Gasteiger partial charge in [-0.2, -0.15) is 0 Å². The maximum Gasteiger partial charge on any atom is 0.295 e. The molecule has 1 saturated heterocycles. The lowest BCUT2D eigenvalue weighted by molar-refractivity contribution is -0.140. The number of nitrogens with zero attached hydrogens (tertiary/aromatic N) is 2. The highest BCUT2D eigenvalue weighted by molar-refractivity contribution is 6.46. The van der Waals surface area contributed by atoms with Gasteiger partial charge in [0.05, 0.1) is 21.7 Å². The molecule has 1 aliphatic rings. The average Bonchev–Trinajstić information content (AvgIpc) is 2.93. The van der Waals surface area contributed by atoms with E-state index in [0.29, 0.717) is 17.1 Å². The first-order valence-corrected chi connectivity index (χ1v) is 9.60. The number of aliphatic hydroxyl groups is 1. The fourth-order valence-corrected chi connectivity index (χ4v) is 3.52. The maximum absolute atomic E-state index is 13.3. The molecule has 0 saturated carbocycles. The Labute approximate surface area is 177 Å². The van der Waals surface area contributed by atoms with E-state index >= 15 is 0 Å². The number of halogens is 3. The smallest absolute Gasteiger partial charge is 0.295 e. The molecule has 0 unspecified atom stereocenters. The zero-order valence-electron chi connectivity index (χ0n) is 15.8. The number of amides is 1. The van der Waals surface area contributed by atoms with Crippen molar-refractivity contribution in [3.8, 4) is 0 Å². The van der Waals surface area contributed by atoms with E-state index in [9.17, 15) is 19.1 Å². The van der Waals surface area contributed by atoms with Gasteiger partial charge in [-0.3, -0.25) is 9.59 Å². The summed E-state index contributed by atoms with van der Waals surface area (Å²) in [7, 11) is 3.70.